The van der Waals surface area contributed by atoms with Crippen molar-refractivity contribution in [1.82, 2.24) is 19.6 Å². The predicted octanol–water partition coefficient (Wildman–Crippen LogP) is 3.71. The van der Waals surface area contributed by atoms with E-state index < -0.39 is 11.6 Å². The number of ether oxygens (including phenoxy) is 1. The summed E-state index contributed by atoms with van der Waals surface area (Å²) < 4.78 is 37.9. The summed E-state index contributed by atoms with van der Waals surface area (Å²) in [5.74, 6) is -0.479. The molecule has 0 aliphatic carbocycles. The van der Waals surface area contributed by atoms with Crippen LogP contribution in [0, 0.1) is 11.6 Å². The van der Waals surface area contributed by atoms with E-state index in [0.717, 1.165) is 19.2 Å². The number of methoxy groups -OCH3 is 1. The van der Waals surface area contributed by atoms with Gasteiger partial charge in [-0.2, -0.15) is 4.98 Å². The van der Waals surface area contributed by atoms with E-state index in [-0.39, 0.29) is 11.3 Å². The molecule has 0 amide bonds. The first kappa shape index (κ1) is 21.1. The van der Waals surface area contributed by atoms with Gasteiger partial charge in [-0.15, -0.1) is 0 Å². The normalized spacial score (nSPS) is 20.2. The molecule has 0 bridgehead atoms. The van der Waals surface area contributed by atoms with Crippen LogP contribution in [0.3, 0.4) is 0 Å². The fourth-order valence-electron chi connectivity index (χ4n) is 2.89. The summed E-state index contributed by atoms with van der Waals surface area (Å²) in [6.45, 7) is 6.11. The Morgan fingerprint density at radius 3 is 2.71 bits per heavy atom. The number of halogens is 2. The Balaban J connectivity index is 1.65. The van der Waals surface area contributed by atoms with Crippen LogP contribution in [0.15, 0.2) is 29.4 Å². The third kappa shape index (κ3) is 5.69. The Bertz CT molecular complexity index is 804. The number of nitrogens with zero attached hydrogens (tertiary/aromatic N) is 3. The van der Waals surface area contributed by atoms with Crippen LogP contribution in [-0.4, -0.2) is 46.6 Å². The van der Waals surface area contributed by atoms with Crippen molar-refractivity contribution in [2.24, 2.45) is 0 Å². The van der Waals surface area contributed by atoms with Gasteiger partial charge in [-0.1, -0.05) is 23.9 Å². The fraction of sp³-hybridized carbons (Fsp3) is 0.444. The van der Waals surface area contributed by atoms with E-state index in [4.69, 9.17) is 4.74 Å². The van der Waals surface area contributed by atoms with Crippen molar-refractivity contribution in [2.75, 3.05) is 24.9 Å². The molecule has 1 saturated heterocycles. The monoisotopic (exact) mass is 427 g/mol. The molecule has 2 aromatic rings. The van der Waals surface area contributed by atoms with E-state index in [1.54, 1.807) is 12.1 Å². The summed E-state index contributed by atoms with van der Waals surface area (Å²) >= 11 is 2.70. The number of piperazine rings is 1. The first-order valence-corrected chi connectivity index (χ1v) is 10.6. The van der Waals surface area contributed by atoms with Crippen molar-refractivity contribution < 1.29 is 13.5 Å². The minimum atomic E-state index is -0.858. The van der Waals surface area contributed by atoms with Gasteiger partial charge >= 0.3 is 0 Å². The Kier molecular flexibility index (Phi) is 7.33. The molecule has 1 aromatic heterocycles. The zero-order chi connectivity index (χ0) is 20.1. The fourth-order valence-corrected chi connectivity index (χ4v) is 4.64. The molecule has 3 rings (SSSR count). The number of hydrogen-bond donors (Lipinski definition) is 2. The number of rotatable bonds is 7. The van der Waals surface area contributed by atoms with Crippen molar-refractivity contribution in [3.8, 4) is 5.88 Å². The summed E-state index contributed by atoms with van der Waals surface area (Å²) in [5.41, 5.74) is 0.268. The van der Waals surface area contributed by atoms with Crippen LogP contribution in [0.4, 0.5) is 14.6 Å². The van der Waals surface area contributed by atoms with Crippen molar-refractivity contribution >= 4 is 29.7 Å². The van der Waals surface area contributed by atoms with Gasteiger partial charge in [0.2, 0.25) is 5.88 Å². The van der Waals surface area contributed by atoms with E-state index in [0.29, 0.717) is 28.9 Å². The first-order valence-electron chi connectivity index (χ1n) is 8.87. The maximum absolute atomic E-state index is 13.8. The Hall–Kier alpha value is -1.62. The molecule has 152 valence electrons. The van der Waals surface area contributed by atoms with Gasteiger partial charge in [-0.05, 0) is 19.9 Å². The highest BCUT2D eigenvalue weighted by Gasteiger charge is 2.21. The van der Waals surface area contributed by atoms with Crippen LogP contribution in [0.25, 0.3) is 0 Å². The highest BCUT2D eigenvalue weighted by Crippen LogP contribution is 2.27. The number of thioether (sulfide) groups is 1. The Labute approximate surface area is 172 Å². The van der Waals surface area contributed by atoms with Crippen molar-refractivity contribution in [3.63, 3.8) is 0 Å². The molecular formula is C18H23F2N5OS2. The molecule has 28 heavy (non-hydrogen) atoms. The molecular weight excluding hydrogens is 404 g/mol. The molecule has 2 heterocycles. The second-order valence-electron chi connectivity index (χ2n) is 6.59. The Morgan fingerprint density at radius 2 is 2.00 bits per heavy atom. The minimum absolute atomic E-state index is 0.218. The number of hydrogen-bond acceptors (Lipinski definition) is 8. The standard InChI is InChI=1S/C18H23F2N5OS2/c1-11-8-25(9-12(2)21-11)28-24-15-7-16(26-3)23-18(22-15)27-10-13-5-4-6-14(19)17(13)20/h4-7,11-12,21H,8-10H2,1-3H3,(H,22,23,24). The van der Waals surface area contributed by atoms with Crippen LogP contribution >= 0.6 is 23.9 Å². The molecule has 6 nitrogen and oxygen atoms in total. The number of benzene rings is 1. The molecule has 2 atom stereocenters. The first-order chi connectivity index (χ1) is 13.4. The molecule has 2 N–H and O–H groups in total. The number of anilines is 1. The average Bonchev–Trinajstić information content (AvgIpc) is 2.66. The van der Waals surface area contributed by atoms with Gasteiger partial charge in [-0.25, -0.2) is 18.1 Å². The predicted molar refractivity (Wildman–Crippen MR) is 109 cm³/mol. The van der Waals surface area contributed by atoms with Gasteiger partial charge in [0.1, 0.15) is 5.82 Å². The zero-order valence-electron chi connectivity index (χ0n) is 15.9. The molecule has 0 spiro atoms. The topological polar surface area (TPSA) is 62.3 Å². The van der Waals surface area contributed by atoms with Gasteiger partial charge in [0.05, 0.1) is 7.11 Å². The lowest BCUT2D eigenvalue weighted by Gasteiger charge is -2.34. The number of aromatic nitrogens is 2. The molecule has 2 unspecified atom stereocenters. The van der Waals surface area contributed by atoms with Crippen LogP contribution < -0.4 is 14.8 Å². The highest BCUT2D eigenvalue weighted by molar-refractivity contribution is 7.98. The van der Waals surface area contributed by atoms with Crippen molar-refractivity contribution in [2.45, 2.75) is 36.8 Å². The molecule has 10 heteroatoms. The Morgan fingerprint density at radius 1 is 1.25 bits per heavy atom. The van der Waals surface area contributed by atoms with Gasteiger partial charge in [-0.3, -0.25) is 0 Å². The van der Waals surface area contributed by atoms with E-state index in [1.165, 1.54) is 37.1 Å². The van der Waals surface area contributed by atoms with Gasteiger partial charge in [0, 0.05) is 54.7 Å². The SMILES string of the molecule is COc1cc(NSN2CC(C)NC(C)C2)nc(SCc2cccc(F)c2F)n1. The second kappa shape index (κ2) is 9.73. The van der Waals surface area contributed by atoms with Crippen LogP contribution in [-0.2, 0) is 5.75 Å². The molecule has 0 saturated carbocycles. The smallest absolute Gasteiger partial charge is 0.219 e. The maximum atomic E-state index is 13.8. The van der Waals surface area contributed by atoms with Gasteiger partial charge in [0.15, 0.2) is 16.8 Å². The number of nitrogens with one attached hydrogen (secondary N) is 2. The zero-order valence-corrected chi connectivity index (χ0v) is 17.5. The third-order valence-electron chi connectivity index (χ3n) is 4.08. The summed E-state index contributed by atoms with van der Waals surface area (Å²) in [5, 5.41) is 3.91. The van der Waals surface area contributed by atoms with E-state index in [1.807, 2.05) is 0 Å². The molecule has 1 aliphatic heterocycles. The van der Waals surface area contributed by atoms with Crippen molar-refractivity contribution in [3.05, 3.63) is 41.5 Å². The third-order valence-corrected chi connectivity index (χ3v) is 5.84. The average molecular weight is 428 g/mol. The lowest BCUT2D eigenvalue weighted by atomic mass is 10.2. The van der Waals surface area contributed by atoms with E-state index in [9.17, 15) is 8.78 Å². The van der Waals surface area contributed by atoms with Crippen LogP contribution in [0.2, 0.25) is 0 Å². The highest BCUT2D eigenvalue weighted by atomic mass is 32.2. The van der Waals surface area contributed by atoms with Crippen LogP contribution in [0.5, 0.6) is 5.88 Å². The van der Waals surface area contributed by atoms with E-state index >= 15 is 0 Å². The molecule has 0 radical (unpaired) electrons. The summed E-state index contributed by atoms with van der Waals surface area (Å²) in [6.07, 6.45) is 0. The molecule has 1 aromatic carbocycles. The molecule has 1 aliphatic rings. The largest absolute Gasteiger partial charge is 0.481 e. The summed E-state index contributed by atoms with van der Waals surface area (Å²) in [7, 11) is 1.53. The van der Waals surface area contributed by atoms with Crippen LogP contribution in [0.1, 0.15) is 19.4 Å². The summed E-state index contributed by atoms with van der Waals surface area (Å²) in [4.78, 5) is 8.73. The maximum Gasteiger partial charge on any atom is 0.219 e. The second-order valence-corrected chi connectivity index (χ2v) is 8.43. The minimum Gasteiger partial charge on any atom is -0.481 e. The van der Waals surface area contributed by atoms with Gasteiger partial charge < -0.3 is 14.8 Å². The van der Waals surface area contributed by atoms with Gasteiger partial charge in [0.25, 0.3) is 0 Å². The molecule has 1 fully saturated rings. The summed E-state index contributed by atoms with van der Waals surface area (Å²) in [6, 6.07) is 6.65. The van der Waals surface area contributed by atoms with E-state index in [2.05, 4.69) is 38.2 Å². The lowest BCUT2D eigenvalue weighted by molar-refractivity contribution is 0.281. The van der Waals surface area contributed by atoms with Crippen molar-refractivity contribution in [1.29, 1.82) is 0 Å². The quantitative estimate of drug-likeness (QED) is 0.394. The lowest BCUT2D eigenvalue weighted by Crippen LogP contribution is -2.52.